The number of nitrogens with zero attached hydrogens (tertiary/aromatic N) is 3. The molecule has 4 rings (SSSR count). The number of urea groups is 1. The van der Waals surface area contributed by atoms with Gasteiger partial charge in [0.15, 0.2) is 5.65 Å². The van der Waals surface area contributed by atoms with Crippen molar-refractivity contribution in [1.29, 1.82) is 0 Å². The van der Waals surface area contributed by atoms with Gasteiger partial charge in [0.2, 0.25) is 0 Å². The van der Waals surface area contributed by atoms with Crippen LogP contribution in [0.25, 0.3) is 22.6 Å². The highest BCUT2D eigenvalue weighted by molar-refractivity contribution is 5.99. The lowest BCUT2D eigenvalue weighted by atomic mass is 10.2. The van der Waals surface area contributed by atoms with Gasteiger partial charge in [-0.05, 0) is 48.5 Å². The minimum atomic E-state index is -0.381. The fourth-order valence-corrected chi connectivity index (χ4v) is 2.79. The summed E-state index contributed by atoms with van der Waals surface area (Å²) in [5.41, 5.74) is 2.78. The lowest BCUT2D eigenvalue weighted by molar-refractivity contribution is 0.262. The highest BCUT2D eigenvalue weighted by atomic mass is 19.1. The fraction of sp³-hybridized carbons (Fsp3) is 0.0500. The van der Waals surface area contributed by atoms with Gasteiger partial charge >= 0.3 is 6.03 Å². The molecule has 2 aromatic heterocycles. The van der Waals surface area contributed by atoms with Crippen LogP contribution in [-0.4, -0.2) is 20.6 Å². The van der Waals surface area contributed by atoms with Crippen molar-refractivity contribution in [2.45, 2.75) is 0 Å². The maximum Gasteiger partial charge on any atom is 0.324 e. The zero-order chi connectivity index (χ0) is 18.8. The Hall–Kier alpha value is -3.74. The summed E-state index contributed by atoms with van der Waals surface area (Å²) in [5, 5.41) is 5.46. The standard InChI is InChI=1S/C20H16FN5O/c1-26-18(13-7-9-14(21)10-8-13)23-16-11-12-17(24-19(16)26)25-20(27)22-15-5-3-2-4-6-15/h2-12H,1H3,(H2,22,24,25,27). The maximum atomic E-state index is 13.2. The summed E-state index contributed by atoms with van der Waals surface area (Å²) in [6.45, 7) is 0. The van der Waals surface area contributed by atoms with E-state index in [1.54, 1.807) is 36.4 Å². The number of imidazole rings is 1. The number of pyridine rings is 1. The van der Waals surface area contributed by atoms with Gasteiger partial charge in [0.05, 0.1) is 0 Å². The van der Waals surface area contributed by atoms with Crippen molar-refractivity contribution in [2.24, 2.45) is 7.05 Å². The van der Waals surface area contributed by atoms with Crippen molar-refractivity contribution in [1.82, 2.24) is 14.5 Å². The third-order valence-corrected chi connectivity index (χ3v) is 4.09. The molecule has 0 radical (unpaired) electrons. The first-order valence-electron chi connectivity index (χ1n) is 8.32. The van der Waals surface area contributed by atoms with E-state index in [-0.39, 0.29) is 11.8 Å². The molecule has 0 aliphatic rings. The lowest BCUT2D eigenvalue weighted by Crippen LogP contribution is -2.20. The Kier molecular flexibility index (Phi) is 4.25. The van der Waals surface area contributed by atoms with Crippen LogP contribution in [0.3, 0.4) is 0 Å². The van der Waals surface area contributed by atoms with Crippen molar-refractivity contribution in [2.75, 3.05) is 10.6 Å². The Labute approximate surface area is 154 Å². The number of hydrogen-bond acceptors (Lipinski definition) is 3. The quantitative estimate of drug-likeness (QED) is 0.567. The van der Waals surface area contributed by atoms with Crippen LogP contribution in [-0.2, 0) is 7.05 Å². The monoisotopic (exact) mass is 361 g/mol. The molecule has 0 fully saturated rings. The van der Waals surface area contributed by atoms with Gasteiger partial charge in [-0.3, -0.25) is 5.32 Å². The maximum absolute atomic E-state index is 13.2. The Morgan fingerprint density at radius 1 is 0.926 bits per heavy atom. The van der Waals surface area contributed by atoms with Crippen molar-refractivity contribution in [3.8, 4) is 11.4 Å². The molecule has 0 atom stereocenters. The summed E-state index contributed by atoms with van der Waals surface area (Å²) < 4.78 is 15.0. The second-order valence-corrected chi connectivity index (χ2v) is 5.99. The number of anilines is 2. The average Bonchev–Trinajstić information content (AvgIpc) is 2.99. The van der Waals surface area contributed by atoms with E-state index in [1.807, 2.05) is 29.8 Å². The molecular weight excluding hydrogens is 345 g/mol. The number of rotatable bonds is 3. The minimum Gasteiger partial charge on any atom is -0.312 e. The first-order valence-corrected chi connectivity index (χ1v) is 8.32. The molecule has 2 N–H and O–H groups in total. The summed E-state index contributed by atoms with van der Waals surface area (Å²) in [7, 11) is 1.83. The number of halogens is 1. The van der Waals surface area contributed by atoms with E-state index in [4.69, 9.17) is 0 Å². The van der Waals surface area contributed by atoms with Crippen molar-refractivity contribution >= 4 is 28.7 Å². The summed E-state index contributed by atoms with van der Waals surface area (Å²) in [6, 6.07) is 18.4. The zero-order valence-electron chi connectivity index (χ0n) is 14.5. The van der Waals surface area contributed by atoms with Crippen LogP contribution in [0.4, 0.5) is 20.7 Å². The topological polar surface area (TPSA) is 71.8 Å². The summed E-state index contributed by atoms with van der Waals surface area (Å²) in [6.07, 6.45) is 0. The second kappa shape index (κ2) is 6.87. The molecule has 0 spiro atoms. The number of carbonyl (C=O) groups is 1. The first-order chi connectivity index (χ1) is 13.1. The smallest absolute Gasteiger partial charge is 0.312 e. The van der Waals surface area contributed by atoms with E-state index in [0.717, 1.165) is 5.56 Å². The Morgan fingerprint density at radius 2 is 1.67 bits per heavy atom. The average molecular weight is 361 g/mol. The van der Waals surface area contributed by atoms with E-state index in [1.165, 1.54) is 12.1 Å². The predicted molar refractivity (Wildman–Crippen MR) is 103 cm³/mol. The number of nitrogens with one attached hydrogen (secondary N) is 2. The molecule has 0 saturated heterocycles. The van der Waals surface area contributed by atoms with Crippen LogP contribution in [0.1, 0.15) is 0 Å². The highest BCUT2D eigenvalue weighted by Crippen LogP contribution is 2.24. The number of carbonyl (C=O) groups excluding carboxylic acids is 1. The van der Waals surface area contributed by atoms with Crippen molar-refractivity contribution < 1.29 is 9.18 Å². The van der Waals surface area contributed by atoms with Gasteiger partial charge < -0.3 is 9.88 Å². The molecule has 4 aromatic rings. The number of fused-ring (bicyclic) bond motifs is 1. The third-order valence-electron chi connectivity index (χ3n) is 4.09. The van der Waals surface area contributed by atoms with Crippen molar-refractivity contribution in [3.63, 3.8) is 0 Å². The largest absolute Gasteiger partial charge is 0.324 e. The summed E-state index contributed by atoms with van der Waals surface area (Å²) >= 11 is 0. The molecule has 0 bridgehead atoms. The lowest BCUT2D eigenvalue weighted by Gasteiger charge is -2.07. The van der Waals surface area contributed by atoms with Gasteiger partial charge in [-0.1, -0.05) is 18.2 Å². The summed E-state index contributed by atoms with van der Waals surface area (Å²) in [4.78, 5) is 21.2. The second-order valence-electron chi connectivity index (χ2n) is 5.99. The number of hydrogen-bond donors (Lipinski definition) is 2. The van der Waals surface area contributed by atoms with Gasteiger partial charge in [-0.25, -0.2) is 19.2 Å². The van der Waals surface area contributed by atoms with Crippen LogP contribution in [0.2, 0.25) is 0 Å². The normalized spacial score (nSPS) is 10.7. The molecular formula is C20H16FN5O. The number of benzene rings is 2. The van der Waals surface area contributed by atoms with E-state index < -0.39 is 0 Å². The number of para-hydroxylation sites is 1. The molecule has 134 valence electrons. The predicted octanol–water partition coefficient (Wildman–Crippen LogP) is 4.42. The first kappa shape index (κ1) is 16.7. The molecule has 2 heterocycles. The molecule has 2 aromatic carbocycles. The molecule has 7 heteroatoms. The fourth-order valence-electron chi connectivity index (χ4n) is 2.79. The zero-order valence-corrected chi connectivity index (χ0v) is 14.5. The SMILES string of the molecule is Cn1c(-c2ccc(F)cc2)nc2ccc(NC(=O)Nc3ccccc3)nc21. The van der Waals surface area contributed by atoms with Crippen molar-refractivity contribution in [3.05, 3.63) is 72.5 Å². The molecule has 6 nitrogen and oxygen atoms in total. The molecule has 2 amide bonds. The van der Waals surface area contributed by atoms with Gasteiger partial charge in [0, 0.05) is 18.3 Å². The van der Waals surface area contributed by atoms with Gasteiger partial charge in [-0.15, -0.1) is 0 Å². The van der Waals surface area contributed by atoms with E-state index in [2.05, 4.69) is 20.6 Å². The van der Waals surface area contributed by atoms with Crippen LogP contribution in [0.5, 0.6) is 0 Å². The molecule has 0 saturated carbocycles. The van der Waals surface area contributed by atoms with Crippen LogP contribution >= 0.6 is 0 Å². The van der Waals surface area contributed by atoms with Gasteiger partial charge in [0.1, 0.15) is 23.0 Å². The van der Waals surface area contributed by atoms with Gasteiger partial charge in [0.25, 0.3) is 0 Å². The Bertz CT molecular complexity index is 1110. The molecule has 0 aliphatic heterocycles. The Balaban J connectivity index is 1.59. The number of amides is 2. The number of aryl methyl sites for hydroxylation is 1. The van der Waals surface area contributed by atoms with E-state index in [9.17, 15) is 9.18 Å². The minimum absolute atomic E-state index is 0.299. The van der Waals surface area contributed by atoms with Gasteiger partial charge in [-0.2, -0.15) is 0 Å². The molecule has 0 aliphatic carbocycles. The van der Waals surface area contributed by atoms with E-state index >= 15 is 0 Å². The van der Waals surface area contributed by atoms with E-state index in [0.29, 0.717) is 28.5 Å². The Morgan fingerprint density at radius 3 is 2.41 bits per heavy atom. The molecule has 0 unspecified atom stereocenters. The summed E-state index contributed by atoms with van der Waals surface area (Å²) in [5.74, 6) is 0.777. The van der Waals surface area contributed by atoms with Crippen LogP contribution in [0.15, 0.2) is 66.7 Å². The van der Waals surface area contributed by atoms with Crippen LogP contribution < -0.4 is 10.6 Å². The third kappa shape index (κ3) is 3.48. The highest BCUT2D eigenvalue weighted by Gasteiger charge is 2.12. The molecule has 27 heavy (non-hydrogen) atoms. The number of aromatic nitrogens is 3. The van der Waals surface area contributed by atoms with Crippen LogP contribution in [0, 0.1) is 5.82 Å².